The summed E-state index contributed by atoms with van der Waals surface area (Å²) in [4.78, 5) is 28.2. The molecular weight excluding hydrogens is 478 g/mol. The first-order valence-corrected chi connectivity index (χ1v) is 12.1. The molecule has 1 aliphatic rings. The molecule has 1 N–H and O–H groups in total. The number of ketones is 1. The van der Waals surface area contributed by atoms with E-state index in [0.29, 0.717) is 27.8 Å². The van der Waals surface area contributed by atoms with Crippen LogP contribution in [0.15, 0.2) is 72.3 Å². The summed E-state index contributed by atoms with van der Waals surface area (Å²) in [5.41, 5.74) is 2.51. The maximum Gasteiger partial charge on any atom is 0.300 e. The Kier molecular flexibility index (Phi) is 7.36. The third-order valence-corrected chi connectivity index (χ3v) is 6.29. The van der Waals surface area contributed by atoms with E-state index in [4.69, 9.17) is 21.1 Å². The Morgan fingerprint density at radius 1 is 1.03 bits per heavy atom. The summed E-state index contributed by atoms with van der Waals surface area (Å²) in [6.45, 7) is 5.90. The molecule has 1 heterocycles. The van der Waals surface area contributed by atoms with Crippen molar-refractivity contribution in [2.75, 3.05) is 12.0 Å². The summed E-state index contributed by atoms with van der Waals surface area (Å²) in [6.07, 6.45) is 0.840. The highest BCUT2D eigenvalue weighted by Gasteiger charge is 2.47. The highest BCUT2D eigenvalue weighted by molar-refractivity contribution is 6.51. The molecule has 1 amide bonds. The van der Waals surface area contributed by atoms with Crippen molar-refractivity contribution in [3.05, 3.63) is 94.0 Å². The van der Waals surface area contributed by atoms with E-state index in [2.05, 4.69) is 0 Å². The topological polar surface area (TPSA) is 76.1 Å². The maximum atomic E-state index is 13.4. The lowest BCUT2D eigenvalue weighted by Gasteiger charge is -2.26. The Morgan fingerprint density at radius 2 is 1.69 bits per heavy atom. The highest BCUT2D eigenvalue weighted by atomic mass is 35.5. The van der Waals surface area contributed by atoms with Crippen LogP contribution in [0.3, 0.4) is 0 Å². The van der Waals surface area contributed by atoms with Gasteiger partial charge in [-0.05, 0) is 73.9 Å². The molecule has 7 heteroatoms. The number of halogens is 1. The maximum absolute atomic E-state index is 13.4. The molecule has 6 nitrogen and oxygen atoms in total. The van der Waals surface area contributed by atoms with Gasteiger partial charge in [-0.1, -0.05) is 42.8 Å². The van der Waals surface area contributed by atoms with Gasteiger partial charge in [-0.3, -0.25) is 14.5 Å². The van der Waals surface area contributed by atoms with Crippen LogP contribution in [-0.4, -0.2) is 30.0 Å². The average molecular weight is 506 g/mol. The van der Waals surface area contributed by atoms with Crippen molar-refractivity contribution < 1.29 is 24.2 Å². The molecule has 1 atom stereocenters. The molecule has 1 saturated heterocycles. The molecule has 36 heavy (non-hydrogen) atoms. The van der Waals surface area contributed by atoms with E-state index in [-0.39, 0.29) is 23.0 Å². The zero-order valence-electron chi connectivity index (χ0n) is 20.6. The predicted molar refractivity (Wildman–Crippen MR) is 141 cm³/mol. The minimum atomic E-state index is -0.850. The third-order valence-electron chi connectivity index (χ3n) is 6.05. The van der Waals surface area contributed by atoms with E-state index in [1.54, 1.807) is 36.4 Å². The number of rotatable bonds is 7. The summed E-state index contributed by atoms with van der Waals surface area (Å²) in [5.74, 6) is -0.892. The molecule has 3 aromatic carbocycles. The van der Waals surface area contributed by atoms with Gasteiger partial charge in [0.15, 0.2) is 0 Å². The summed E-state index contributed by atoms with van der Waals surface area (Å²) in [6, 6.07) is 18.5. The number of Topliss-reactive ketones (excluding diaryl/α,β-unsaturated/α-hetero) is 1. The van der Waals surface area contributed by atoms with Gasteiger partial charge in [-0.2, -0.15) is 0 Å². The molecule has 3 aromatic rings. The molecule has 0 saturated carbocycles. The van der Waals surface area contributed by atoms with Crippen molar-refractivity contribution in [2.24, 2.45) is 0 Å². The molecule has 1 unspecified atom stereocenters. The number of benzene rings is 3. The van der Waals surface area contributed by atoms with E-state index in [0.717, 1.165) is 12.0 Å². The predicted octanol–water partition coefficient (Wildman–Crippen LogP) is 6.32. The molecule has 186 valence electrons. The molecule has 0 aliphatic carbocycles. The Balaban J connectivity index is 1.91. The van der Waals surface area contributed by atoms with E-state index in [9.17, 15) is 14.7 Å². The van der Waals surface area contributed by atoms with Crippen molar-refractivity contribution in [3.63, 3.8) is 0 Å². The molecular formula is C29H28ClNO5. The Morgan fingerprint density at radius 3 is 2.28 bits per heavy atom. The first kappa shape index (κ1) is 25.3. The van der Waals surface area contributed by atoms with Gasteiger partial charge in [0.1, 0.15) is 17.3 Å². The number of amides is 1. The zero-order chi connectivity index (χ0) is 26.0. The molecule has 4 rings (SSSR count). The average Bonchev–Trinajstić information content (AvgIpc) is 3.14. The van der Waals surface area contributed by atoms with E-state index < -0.39 is 17.7 Å². The number of carbonyl (C=O) groups is 2. The van der Waals surface area contributed by atoms with Gasteiger partial charge in [0.05, 0.1) is 30.4 Å². The molecule has 0 spiro atoms. The first-order chi connectivity index (χ1) is 17.2. The standard InChI is InChI=1S/C29H28ClNO5/c1-5-18-6-8-19(9-7-18)26-25(27(32)23-16-20(30)10-15-24(23)35-4)28(33)29(34)31(26)21-11-13-22(14-12-21)36-17(2)3/h6-17,26,32H,5H2,1-4H3/b27-25+. The number of anilines is 1. The van der Waals surface area contributed by atoms with Crippen LogP contribution in [0.5, 0.6) is 11.5 Å². The third kappa shape index (κ3) is 4.82. The number of hydrogen-bond acceptors (Lipinski definition) is 5. The number of nitrogens with zero attached hydrogens (tertiary/aromatic N) is 1. The quantitative estimate of drug-likeness (QED) is 0.231. The number of aliphatic hydroxyl groups is 1. The number of aliphatic hydroxyl groups excluding tert-OH is 1. The summed E-state index contributed by atoms with van der Waals surface area (Å²) >= 11 is 6.19. The van der Waals surface area contributed by atoms with Crippen molar-refractivity contribution >= 4 is 34.7 Å². The Hall–Kier alpha value is -3.77. The van der Waals surface area contributed by atoms with Crippen LogP contribution >= 0.6 is 11.6 Å². The minimum absolute atomic E-state index is 0.00478. The molecule has 1 fully saturated rings. The second-order valence-corrected chi connectivity index (χ2v) is 9.21. The van der Waals surface area contributed by atoms with Gasteiger partial charge in [-0.15, -0.1) is 0 Å². The van der Waals surface area contributed by atoms with Gasteiger partial charge in [0, 0.05) is 10.7 Å². The van der Waals surface area contributed by atoms with Crippen molar-refractivity contribution in [1.29, 1.82) is 0 Å². The van der Waals surface area contributed by atoms with Crippen LogP contribution in [-0.2, 0) is 16.0 Å². The number of aryl methyl sites for hydroxylation is 1. The van der Waals surface area contributed by atoms with Crippen LogP contribution in [0.25, 0.3) is 5.76 Å². The van der Waals surface area contributed by atoms with E-state index in [1.165, 1.54) is 18.1 Å². The highest BCUT2D eigenvalue weighted by Crippen LogP contribution is 2.44. The second-order valence-electron chi connectivity index (χ2n) is 8.77. The fourth-order valence-corrected chi connectivity index (χ4v) is 4.49. The zero-order valence-corrected chi connectivity index (χ0v) is 21.4. The van der Waals surface area contributed by atoms with Crippen LogP contribution < -0.4 is 14.4 Å². The first-order valence-electron chi connectivity index (χ1n) is 11.8. The largest absolute Gasteiger partial charge is 0.507 e. The smallest absolute Gasteiger partial charge is 0.300 e. The monoisotopic (exact) mass is 505 g/mol. The SMILES string of the molecule is CCc1ccc(C2/C(=C(\O)c3cc(Cl)ccc3OC)C(=O)C(=O)N2c2ccc(OC(C)C)cc2)cc1. The van der Waals surface area contributed by atoms with E-state index >= 15 is 0 Å². The lowest BCUT2D eigenvalue weighted by Crippen LogP contribution is -2.29. The van der Waals surface area contributed by atoms with Gasteiger partial charge < -0.3 is 14.6 Å². The lowest BCUT2D eigenvalue weighted by molar-refractivity contribution is -0.132. The normalized spacial score (nSPS) is 17.1. The van der Waals surface area contributed by atoms with Gasteiger partial charge in [0.2, 0.25) is 0 Å². The van der Waals surface area contributed by atoms with Crippen LogP contribution in [0.2, 0.25) is 5.02 Å². The van der Waals surface area contributed by atoms with Crippen molar-refractivity contribution in [2.45, 2.75) is 39.3 Å². The number of ether oxygens (including phenoxy) is 2. The fraction of sp³-hybridized carbons (Fsp3) is 0.241. The van der Waals surface area contributed by atoms with Crippen molar-refractivity contribution in [3.8, 4) is 11.5 Å². The minimum Gasteiger partial charge on any atom is -0.507 e. The van der Waals surface area contributed by atoms with Crippen LogP contribution in [0.4, 0.5) is 5.69 Å². The van der Waals surface area contributed by atoms with Crippen LogP contribution in [0.1, 0.15) is 43.5 Å². The van der Waals surface area contributed by atoms with E-state index in [1.807, 2.05) is 45.0 Å². The molecule has 0 bridgehead atoms. The number of hydrogen-bond donors (Lipinski definition) is 1. The van der Waals surface area contributed by atoms with Crippen molar-refractivity contribution in [1.82, 2.24) is 0 Å². The summed E-state index contributed by atoms with van der Waals surface area (Å²) in [5, 5.41) is 11.8. The Labute approximate surface area is 215 Å². The van der Waals surface area contributed by atoms with Crippen LogP contribution in [0, 0.1) is 0 Å². The molecule has 0 radical (unpaired) electrons. The lowest BCUT2D eigenvalue weighted by atomic mass is 9.94. The molecule has 1 aliphatic heterocycles. The number of methoxy groups -OCH3 is 1. The number of carbonyl (C=O) groups excluding carboxylic acids is 2. The Bertz CT molecular complexity index is 1310. The summed E-state index contributed by atoms with van der Waals surface area (Å²) in [7, 11) is 1.46. The molecule has 0 aromatic heterocycles. The van der Waals surface area contributed by atoms with Gasteiger partial charge in [-0.25, -0.2) is 0 Å². The fourth-order valence-electron chi connectivity index (χ4n) is 4.32. The van der Waals surface area contributed by atoms with Gasteiger partial charge in [0.25, 0.3) is 11.7 Å². The van der Waals surface area contributed by atoms with Gasteiger partial charge >= 0.3 is 0 Å². The second kappa shape index (κ2) is 10.5. The summed E-state index contributed by atoms with van der Waals surface area (Å²) < 4.78 is 11.1.